The largest absolute Gasteiger partial charge is 0.508 e. The minimum atomic E-state index is -1.69. The second kappa shape index (κ2) is 22.3. The minimum absolute atomic E-state index is 0.0000608. The Bertz CT molecular complexity index is 2180. The maximum atomic E-state index is 14.1. The van der Waals surface area contributed by atoms with Gasteiger partial charge in [-0.15, -0.1) is 0 Å². The molecule has 0 aliphatic heterocycles. The third-order valence-electron chi connectivity index (χ3n) is 9.23. The van der Waals surface area contributed by atoms with Gasteiger partial charge in [0.05, 0.1) is 6.42 Å². The summed E-state index contributed by atoms with van der Waals surface area (Å²) in [5.41, 5.74) is 7.50. The molecule has 1 aromatic heterocycles. The number of para-hydroxylation sites is 1. The molecule has 4 rings (SSSR count). The van der Waals surface area contributed by atoms with Gasteiger partial charge in [-0.25, -0.2) is 4.79 Å². The van der Waals surface area contributed by atoms with Crippen LogP contribution < -0.4 is 32.3 Å². The molecule has 17 nitrogen and oxygen atoms in total. The van der Waals surface area contributed by atoms with Crippen molar-refractivity contribution >= 4 is 58.6 Å². The summed E-state index contributed by atoms with van der Waals surface area (Å²) in [4.78, 5) is 94.5. The molecule has 3 aromatic carbocycles. The van der Waals surface area contributed by atoms with Crippen LogP contribution in [0.5, 0.6) is 5.75 Å². The number of aliphatic carboxylic acids is 1. The number of nitrogens with two attached hydrogens (primary N) is 1. The number of carboxylic acid groups (broad SMARTS) is 1. The van der Waals surface area contributed by atoms with Crippen molar-refractivity contribution in [3.05, 3.63) is 108 Å². The van der Waals surface area contributed by atoms with Crippen LogP contribution >= 0.6 is 0 Å². The number of hydrogen-bond acceptors (Lipinski definition) is 9. The van der Waals surface area contributed by atoms with Crippen molar-refractivity contribution in [3.8, 4) is 5.75 Å². The molecule has 0 saturated carbocycles. The molecule has 0 unspecified atom stereocenters. The molecule has 0 spiro atoms. The summed E-state index contributed by atoms with van der Waals surface area (Å²) in [5.74, 6) is -5.32. The van der Waals surface area contributed by atoms with Crippen molar-refractivity contribution in [2.24, 2.45) is 5.73 Å². The number of aromatic nitrogens is 1. The lowest BCUT2D eigenvalue weighted by molar-refractivity contribution is -0.141. The predicted molar refractivity (Wildman–Crippen MR) is 227 cm³/mol. The van der Waals surface area contributed by atoms with E-state index in [0.29, 0.717) is 23.1 Å². The smallest absolute Gasteiger partial charge is 0.408 e. The molecular weight excluding hydrogens is 787 g/mol. The number of ether oxygens (including phenoxy) is 1. The Kier molecular flexibility index (Phi) is 17.0. The number of nitrogens with one attached hydrogen (secondary N) is 6. The highest BCUT2D eigenvalue weighted by Crippen LogP contribution is 2.20. The van der Waals surface area contributed by atoms with Crippen LogP contribution in [-0.2, 0) is 46.3 Å². The zero-order valence-electron chi connectivity index (χ0n) is 34.2. The van der Waals surface area contributed by atoms with E-state index in [9.17, 15) is 43.8 Å². The predicted octanol–water partition coefficient (Wildman–Crippen LogP) is 2.97. The number of carbonyl (C=O) groups is 7. The van der Waals surface area contributed by atoms with E-state index in [1.54, 1.807) is 75.5 Å². The number of primary amides is 1. The van der Waals surface area contributed by atoms with Gasteiger partial charge < -0.3 is 52.3 Å². The van der Waals surface area contributed by atoms with Crippen molar-refractivity contribution in [1.29, 1.82) is 0 Å². The molecule has 6 amide bonds. The number of H-pyrrole nitrogens is 1. The molecule has 0 saturated heterocycles. The van der Waals surface area contributed by atoms with E-state index in [1.165, 1.54) is 18.2 Å². The second-order valence-corrected chi connectivity index (χ2v) is 15.3. The zero-order chi connectivity index (χ0) is 44.5. The summed E-state index contributed by atoms with van der Waals surface area (Å²) in [7, 11) is 0. The number of rotatable bonds is 21. The van der Waals surface area contributed by atoms with Crippen molar-refractivity contribution in [2.75, 3.05) is 6.54 Å². The molecule has 0 bridgehead atoms. The number of carbonyl (C=O) groups excluding carboxylic acids is 6. The summed E-state index contributed by atoms with van der Waals surface area (Å²) < 4.78 is 5.44. The number of hydrogen-bond donors (Lipinski definition) is 9. The van der Waals surface area contributed by atoms with Gasteiger partial charge in [-0.05, 0) is 81.0 Å². The van der Waals surface area contributed by atoms with Crippen molar-refractivity contribution in [2.45, 2.75) is 89.1 Å². The highest BCUT2D eigenvalue weighted by molar-refractivity contribution is 5.97. The summed E-state index contributed by atoms with van der Waals surface area (Å²) in [5, 5.41) is 32.9. The number of fused-ring (bicyclic) bond motifs is 1. The molecule has 0 aliphatic carbocycles. The maximum Gasteiger partial charge on any atom is 0.408 e. The molecule has 4 atom stereocenters. The Morgan fingerprint density at radius 1 is 0.754 bits per heavy atom. The van der Waals surface area contributed by atoms with Gasteiger partial charge in [-0.3, -0.25) is 28.8 Å². The first kappa shape index (κ1) is 46.5. The van der Waals surface area contributed by atoms with Crippen molar-refractivity contribution in [3.63, 3.8) is 0 Å². The standard InChI is InChI=1S/C44H53N7O10/c1-44(2,3)61-43(60)51-35(24-29-26-47-32-14-8-7-13-31(29)32)41(58)48-33(15-9-10-22-46-37(53)21-18-27-16-19-30(52)20-17-27)40(57)50-36(25-38(54)55)42(59)49-34(39(45)56)23-28-11-5-4-6-12-28/h4-8,11-14,16-21,26,33-36,47,52H,9-10,15,22-25H2,1-3H3,(H2,45,56)(H,46,53)(H,48,58)(H,49,59)(H,50,57)(H,51,60)(H,54,55)/b21-18-/t33-,34-,35-,36-/m0/s1. The third-order valence-corrected chi connectivity index (χ3v) is 9.23. The number of carboxylic acids is 1. The number of phenols is 1. The zero-order valence-corrected chi connectivity index (χ0v) is 34.2. The van der Waals surface area contributed by atoms with Gasteiger partial charge in [0, 0.05) is 42.6 Å². The summed E-state index contributed by atoms with van der Waals surface area (Å²) in [6.07, 6.45) is 3.37. The second-order valence-electron chi connectivity index (χ2n) is 15.3. The van der Waals surface area contributed by atoms with E-state index < -0.39 is 77.8 Å². The number of aromatic hydroxyl groups is 1. The topological polar surface area (TPSA) is 271 Å². The molecule has 0 aliphatic rings. The highest BCUT2D eigenvalue weighted by atomic mass is 16.6. The third kappa shape index (κ3) is 15.8. The number of aromatic amines is 1. The fourth-order valence-electron chi connectivity index (χ4n) is 6.22. The fraction of sp³-hybridized carbons (Fsp3) is 0.341. The lowest BCUT2D eigenvalue weighted by Crippen LogP contribution is -2.59. The van der Waals surface area contributed by atoms with Crippen LogP contribution in [0.15, 0.2) is 91.1 Å². The first-order chi connectivity index (χ1) is 29.0. The van der Waals surface area contributed by atoms with Crippen LogP contribution in [0.2, 0.25) is 0 Å². The summed E-state index contributed by atoms with van der Waals surface area (Å²) in [6.45, 7) is 5.16. The first-order valence-electron chi connectivity index (χ1n) is 19.7. The molecule has 0 radical (unpaired) electrons. The van der Waals surface area contributed by atoms with Gasteiger partial charge in [0.25, 0.3) is 0 Å². The van der Waals surface area contributed by atoms with Crippen LogP contribution in [0.3, 0.4) is 0 Å². The van der Waals surface area contributed by atoms with Crippen LogP contribution in [-0.4, -0.2) is 93.1 Å². The molecule has 61 heavy (non-hydrogen) atoms. The monoisotopic (exact) mass is 839 g/mol. The van der Waals surface area contributed by atoms with Gasteiger partial charge in [-0.1, -0.05) is 60.7 Å². The summed E-state index contributed by atoms with van der Waals surface area (Å²) >= 11 is 0. The normalized spacial score (nSPS) is 13.3. The van der Waals surface area contributed by atoms with Gasteiger partial charge in [0.15, 0.2) is 0 Å². The Labute approximate surface area is 352 Å². The number of unbranched alkanes of at least 4 members (excludes halogenated alkanes) is 1. The van der Waals surface area contributed by atoms with Gasteiger partial charge in [0.1, 0.15) is 35.5 Å². The van der Waals surface area contributed by atoms with Crippen molar-refractivity contribution in [1.82, 2.24) is 31.6 Å². The average Bonchev–Trinajstić information content (AvgIpc) is 3.61. The highest BCUT2D eigenvalue weighted by Gasteiger charge is 2.33. The van der Waals surface area contributed by atoms with Crippen molar-refractivity contribution < 1.29 is 48.5 Å². The molecule has 4 aromatic rings. The molecule has 1 heterocycles. The van der Waals surface area contributed by atoms with Gasteiger partial charge in [-0.2, -0.15) is 0 Å². The van der Waals surface area contributed by atoms with Gasteiger partial charge in [0.2, 0.25) is 29.5 Å². The molecule has 324 valence electrons. The Morgan fingerprint density at radius 2 is 1.38 bits per heavy atom. The van der Waals surface area contributed by atoms with Gasteiger partial charge >= 0.3 is 12.1 Å². The van der Waals surface area contributed by atoms with Crippen LogP contribution in [0.4, 0.5) is 4.79 Å². The average molecular weight is 840 g/mol. The first-order valence-corrected chi connectivity index (χ1v) is 19.7. The lowest BCUT2D eigenvalue weighted by Gasteiger charge is -2.26. The van der Waals surface area contributed by atoms with E-state index >= 15 is 0 Å². The molecule has 17 heteroatoms. The molecule has 0 fully saturated rings. The fourth-order valence-corrected chi connectivity index (χ4v) is 6.22. The van der Waals surface area contributed by atoms with E-state index in [0.717, 1.165) is 10.9 Å². The number of alkyl carbamates (subject to hydrolysis) is 1. The van der Waals surface area contributed by atoms with Crippen LogP contribution in [0.25, 0.3) is 17.0 Å². The van der Waals surface area contributed by atoms with E-state index in [2.05, 4.69) is 31.6 Å². The lowest BCUT2D eigenvalue weighted by atomic mass is 10.0. The summed E-state index contributed by atoms with van der Waals surface area (Å²) in [6, 6.07) is 16.7. The Balaban J connectivity index is 1.53. The Morgan fingerprint density at radius 3 is 2.05 bits per heavy atom. The van der Waals surface area contributed by atoms with E-state index in [1.807, 2.05) is 24.3 Å². The molecular formula is C44H53N7O10. The van der Waals surface area contributed by atoms with E-state index in [-0.39, 0.29) is 38.0 Å². The number of phenolic OH excluding ortho intramolecular Hbond substituents is 1. The number of benzene rings is 3. The minimum Gasteiger partial charge on any atom is -0.508 e. The maximum absolute atomic E-state index is 14.1. The van der Waals surface area contributed by atoms with Crippen LogP contribution in [0, 0.1) is 0 Å². The molecule has 10 N–H and O–H groups in total. The van der Waals surface area contributed by atoms with Crippen LogP contribution in [0.1, 0.15) is 63.1 Å². The quantitative estimate of drug-likeness (QED) is 0.0437. The Hall–Kier alpha value is -7.17. The number of amides is 6. The van der Waals surface area contributed by atoms with E-state index in [4.69, 9.17) is 10.5 Å². The SMILES string of the molecule is CC(C)(C)OC(=O)N[C@@H](Cc1c[nH]c2ccccc12)C(=O)N[C@@H](CCCCNC(=O)/C=C\c1ccc(O)cc1)C(=O)N[C@@H](CC(=O)O)C(=O)N[C@@H](Cc1ccccc1)C(N)=O.